The van der Waals surface area contributed by atoms with Gasteiger partial charge in [0, 0.05) is 38.6 Å². The second kappa shape index (κ2) is 8.33. The summed E-state index contributed by atoms with van der Waals surface area (Å²) in [5, 5.41) is 0.501. The van der Waals surface area contributed by atoms with E-state index in [4.69, 9.17) is 0 Å². The van der Waals surface area contributed by atoms with Crippen LogP contribution in [0.1, 0.15) is 26.7 Å². The van der Waals surface area contributed by atoms with E-state index in [1.165, 1.54) is 4.57 Å². The van der Waals surface area contributed by atoms with Gasteiger partial charge in [-0.3, -0.25) is 19.4 Å². The van der Waals surface area contributed by atoms with Gasteiger partial charge in [-0.05, 0) is 44.9 Å². The Bertz CT molecular complexity index is 888. The first-order valence-electron chi connectivity index (χ1n) is 9.55. The number of hydrogen-bond acceptors (Lipinski definition) is 4. The smallest absolute Gasteiger partial charge is 0.260 e. The van der Waals surface area contributed by atoms with Crippen LogP contribution < -0.4 is 5.56 Å². The number of rotatable bonds is 5. The molecular weight excluding hydrogens is 344 g/mol. The zero-order chi connectivity index (χ0) is 19.4. The highest BCUT2D eigenvalue weighted by molar-refractivity contribution is 5.82. The molecule has 1 fully saturated rings. The summed E-state index contributed by atoms with van der Waals surface area (Å²) in [6.45, 7) is 6.33. The van der Waals surface area contributed by atoms with Crippen LogP contribution in [0.5, 0.6) is 0 Å². The maximum atomic E-state index is 12.8. The number of hydrogen-bond donors (Lipinski definition) is 0. The lowest BCUT2D eigenvalue weighted by molar-refractivity contribution is -0.140. The molecule has 2 amide bonds. The lowest BCUT2D eigenvalue weighted by Gasteiger charge is -2.34. The van der Waals surface area contributed by atoms with Crippen molar-refractivity contribution in [1.82, 2.24) is 19.4 Å². The van der Waals surface area contributed by atoms with Crippen molar-refractivity contribution in [3.63, 3.8) is 0 Å². The summed E-state index contributed by atoms with van der Waals surface area (Å²) in [5.74, 6) is -0.163. The molecule has 2 aromatic heterocycles. The van der Waals surface area contributed by atoms with Crippen molar-refractivity contribution in [3.8, 4) is 0 Å². The molecule has 0 radical (unpaired) electrons. The van der Waals surface area contributed by atoms with E-state index in [9.17, 15) is 14.4 Å². The Balaban J connectivity index is 1.72. The summed E-state index contributed by atoms with van der Waals surface area (Å²) in [5.41, 5.74) is 0.399. The number of fused-ring (bicyclic) bond motifs is 1. The minimum absolute atomic E-state index is 0.0180. The predicted molar refractivity (Wildman–Crippen MR) is 103 cm³/mol. The van der Waals surface area contributed by atoms with E-state index in [1.807, 2.05) is 18.7 Å². The lowest BCUT2D eigenvalue weighted by Crippen LogP contribution is -2.48. The summed E-state index contributed by atoms with van der Waals surface area (Å²) in [6, 6.07) is 5.17. The third-order valence-electron chi connectivity index (χ3n) is 5.25. The van der Waals surface area contributed by atoms with Gasteiger partial charge in [-0.1, -0.05) is 0 Å². The Morgan fingerprint density at radius 2 is 2.04 bits per heavy atom. The second-order valence-electron chi connectivity index (χ2n) is 6.87. The van der Waals surface area contributed by atoms with Crippen LogP contribution in [0.2, 0.25) is 0 Å². The Labute approximate surface area is 158 Å². The first-order chi connectivity index (χ1) is 13.0. The van der Waals surface area contributed by atoms with Gasteiger partial charge in [0.1, 0.15) is 6.54 Å². The van der Waals surface area contributed by atoms with E-state index < -0.39 is 0 Å². The van der Waals surface area contributed by atoms with Crippen molar-refractivity contribution >= 4 is 22.7 Å². The molecule has 7 nitrogen and oxygen atoms in total. The Kier molecular flexibility index (Phi) is 5.88. The number of nitrogens with zero attached hydrogens (tertiary/aromatic N) is 4. The van der Waals surface area contributed by atoms with Crippen LogP contribution in [0.4, 0.5) is 0 Å². The zero-order valence-electron chi connectivity index (χ0n) is 15.9. The Morgan fingerprint density at radius 3 is 2.78 bits per heavy atom. The van der Waals surface area contributed by atoms with Crippen LogP contribution in [-0.2, 0) is 16.1 Å². The summed E-state index contributed by atoms with van der Waals surface area (Å²) in [4.78, 5) is 45.6. The van der Waals surface area contributed by atoms with Gasteiger partial charge in [-0.25, -0.2) is 0 Å². The molecule has 1 aliphatic rings. The fourth-order valence-electron chi connectivity index (χ4n) is 3.68. The molecule has 7 heteroatoms. The quantitative estimate of drug-likeness (QED) is 0.799. The van der Waals surface area contributed by atoms with Gasteiger partial charge in [-0.2, -0.15) is 0 Å². The van der Waals surface area contributed by atoms with Crippen LogP contribution in [0, 0.1) is 5.92 Å². The third-order valence-corrected chi connectivity index (χ3v) is 5.25. The normalized spacial score (nSPS) is 17.1. The number of pyridine rings is 2. The minimum Gasteiger partial charge on any atom is -0.343 e. The van der Waals surface area contributed by atoms with E-state index in [0.29, 0.717) is 37.1 Å². The molecule has 1 atom stereocenters. The Morgan fingerprint density at radius 1 is 1.26 bits per heavy atom. The second-order valence-corrected chi connectivity index (χ2v) is 6.87. The molecule has 0 bridgehead atoms. The van der Waals surface area contributed by atoms with Crippen molar-refractivity contribution in [1.29, 1.82) is 0 Å². The van der Waals surface area contributed by atoms with Gasteiger partial charge in [0.2, 0.25) is 11.8 Å². The molecule has 1 saturated heterocycles. The van der Waals surface area contributed by atoms with E-state index in [1.54, 1.807) is 35.5 Å². The predicted octanol–water partition coefficient (Wildman–Crippen LogP) is 1.50. The largest absolute Gasteiger partial charge is 0.343 e. The molecule has 0 unspecified atom stereocenters. The summed E-state index contributed by atoms with van der Waals surface area (Å²) < 4.78 is 1.42. The topological polar surface area (TPSA) is 75.5 Å². The Hall–Kier alpha value is -2.70. The lowest BCUT2D eigenvalue weighted by atomic mass is 9.96. The van der Waals surface area contributed by atoms with Gasteiger partial charge in [0.15, 0.2) is 0 Å². The van der Waals surface area contributed by atoms with Gasteiger partial charge in [-0.15, -0.1) is 0 Å². The summed E-state index contributed by atoms with van der Waals surface area (Å²) in [6.07, 6.45) is 4.86. The van der Waals surface area contributed by atoms with Gasteiger partial charge in [0.05, 0.1) is 16.8 Å². The highest BCUT2D eigenvalue weighted by Crippen LogP contribution is 2.19. The van der Waals surface area contributed by atoms with Crippen LogP contribution in [0.3, 0.4) is 0 Å². The van der Waals surface area contributed by atoms with E-state index in [0.717, 1.165) is 12.8 Å². The number of likely N-dealkylation sites (tertiary alicyclic amines) is 1. The number of aromatic nitrogens is 2. The monoisotopic (exact) mass is 370 g/mol. The van der Waals surface area contributed by atoms with Crippen LogP contribution in [0.25, 0.3) is 10.9 Å². The standard InChI is InChI=1S/C20H26N4O3/c1-3-22(4-2)19(26)15-7-6-11-23(13-15)18(25)14-24-12-9-17-16(20(24)27)8-5-10-21-17/h5,8-10,12,15H,3-4,6-7,11,13-14H2,1-2H3/t15-/m0/s1. The maximum absolute atomic E-state index is 12.8. The van der Waals surface area contributed by atoms with Gasteiger partial charge in [0.25, 0.3) is 5.56 Å². The number of carbonyl (C=O) groups excluding carboxylic acids is 2. The molecule has 3 rings (SSSR count). The molecular formula is C20H26N4O3. The van der Waals surface area contributed by atoms with Crippen molar-refractivity contribution in [3.05, 3.63) is 40.9 Å². The summed E-state index contributed by atoms with van der Waals surface area (Å²) in [7, 11) is 0. The molecule has 0 saturated carbocycles. The molecule has 144 valence electrons. The van der Waals surface area contributed by atoms with E-state index in [2.05, 4.69) is 4.98 Å². The van der Waals surface area contributed by atoms with Crippen LogP contribution in [-0.4, -0.2) is 57.3 Å². The molecule has 0 aromatic carbocycles. The van der Waals surface area contributed by atoms with E-state index in [-0.39, 0.29) is 29.8 Å². The molecule has 3 heterocycles. The van der Waals surface area contributed by atoms with Crippen molar-refractivity contribution in [2.45, 2.75) is 33.2 Å². The highest BCUT2D eigenvalue weighted by atomic mass is 16.2. The fourth-order valence-corrected chi connectivity index (χ4v) is 3.68. The summed E-state index contributed by atoms with van der Waals surface area (Å²) >= 11 is 0. The minimum atomic E-state index is -0.221. The number of piperidine rings is 1. The van der Waals surface area contributed by atoms with Crippen molar-refractivity contribution in [2.24, 2.45) is 5.92 Å². The zero-order valence-corrected chi connectivity index (χ0v) is 15.9. The average molecular weight is 370 g/mol. The number of amides is 2. The molecule has 0 aliphatic carbocycles. The molecule has 0 spiro atoms. The van der Waals surface area contributed by atoms with Gasteiger partial charge < -0.3 is 14.4 Å². The molecule has 2 aromatic rings. The molecule has 27 heavy (non-hydrogen) atoms. The van der Waals surface area contributed by atoms with Crippen molar-refractivity contribution in [2.75, 3.05) is 26.2 Å². The third kappa shape index (κ3) is 4.02. The van der Waals surface area contributed by atoms with Gasteiger partial charge >= 0.3 is 0 Å². The van der Waals surface area contributed by atoms with Crippen molar-refractivity contribution < 1.29 is 9.59 Å². The van der Waals surface area contributed by atoms with E-state index >= 15 is 0 Å². The molecule has 0 N–H and O–H groups in total. The van der Waals surface area contributed by atoms with Crippen LogP contribution >= 0.6 is 0 Å². The highest BCUT2D eigenvalue weighted by Gasteiger charge is 2.30. The fraction of sp³-hybridized carbons (Fsp3) is 0.500. The first kappa shape index (κ1) is 19.1. The van der Waals surface area contributed by atoms with Crippen LogP contribution in [0.15, 0.2) is 35.4 Å². The first-order valence-corrected chi connectivity index (χ1v) is 9.55. The maximum Gasteiger partial charge on any atom is 0.260 e. The average Bonchev–Trinajstić information content (AvgIpc) is 2.71. The number of carbonyl (C=O) groups is 2. The SMILES string of the molecule is CCN(CC)C(=O)[C@H]1CCCN(C(=O)Cn2ccc3ncccc3c2=O)C1. The molecule has 1 aliphatic heterocycles.